The average molecular weight is 358 g/mol. The first-order valence-electron chi connectivity index (χ1n) is 6.92. The van der Waals surface area contributed by atoms with Gasteiger partial charge in [0.15, 0.2) is 0 Å². The van der Waals surface area contributed by atoms with E-state index in [9.17, 15) is 14.4 Å². The lowest BCUT2D eigenvalue weighted by molar-refractivity contribution is 0.0880. The van der Waals surface area contributed by atoms with Gasteiger partial charge >= 0.3 is 0 Å². The van der Waals surface area contributed by atoms with Crippen LogP contribution in [0.25, 0.3) is 17.1 Å². The maximum Gasteiger partial charge on any atom is 0.262 e. The van der Waals surface area contributed by atoms with E-state index < -0.39 is 17.4 Å². The van der Waals surface area contributed by atoms with Crippen LogP contribution in [-0.2, 0) is 0 Å². The Hall–Kier alpha value is -3.53. The number of tetrazole rings is 1. The van der Waals surface area contributed by atoms with E-state index in [1.165, 1.54) is 6.07 Å². The fourth-order valence-corrected chi connectivity index (χ4v) is 2.85. The van der Waals surface area contributed by atoms with Crippen LogP contribution < -0.4 is 16.6 Å². The molecule has 0 saturated carbocycles. The van der Waals surface area contributed by atoms with Crippen molar-refractivity contribution in [1.82, 2.24) is 30.5 Å². The van der Waals surface area contributed by atoms with Gasteiger partial charge in [-0.25, -0.2) is 0 Å². The Morgan fingerprint density at radius 3 is 2.60 bits per heavy atom. The zero-order valence-corrected chi connectivity index (χ0v) is 13.0. The molecule has 0 spiro atoms. The van der Waals surface area contributed by atoms with Gasteiger partial charge in [0.05, 0.1) is 16.8 Å². The summed E-state index contributed by atoms with van der Waals surface area (Å²) in [6.07, 6.45) is 0. The van der Waals surface area contributed by atoms with Gasteiger partial charge in [0.25, 0.3) is 17.4 Å². The van der Waals surface area contributed by atoms with E-state index in [4.69, 9.17) is 17.3 Å². The molecule has 1 aromatic carbocycles. The summed E-state index contributed by atoms with van der Waals surface area (Å²) in [5.74, 6) is -1.31. The number of benzene rings is 1. The summed E-state index contributed by atoms with van der Waals surface area (Å²) < 4.78 is 1.08. The fourth-order valence-electron chi connectivity index (χ4n) is 2.68. The van der Waals surface area contributed by atoms with E-state index in [0.29, 0.717) is 10.6 Å². The molecule has 4 rings (SSSR count). The molecule has 0 bridgehead atoms. The van der Waals surface area contributed by atoms with Crippen LogP contribution in [0.1, 0.15) is 20.7 Å². The molecule has 2 amide bonds. The lowest BCUT2D eigenvalue weighted by Gasteiger charge is -2.14. The molecule has 124 valence electrons. The van der Waals surface area contributed by atoms with Crippen LogP contribution in [0.5, 0.6) is 0 Å². The van der Waals surface area contributed by atoms with Crippen molar-refractivity contribution < 1.29 is 9.59 Å². The van der Waals surface area contributed by atoms with Crippen molar-refractivity contribution in [2.75, 3.05) is 5.73 Å². The topological polar surface area (TPSA) is 149 Å². The van der Waals surface area contributed by atoms with Crippen molar-refractivity contribution in [3.63, 3.8) is 0 Å². The molecule has 3 aromatic rings. The molecular formula is C14H8ClN7O3. The van der Waals surface area contributed by atoms with Crippen LogP contribution in [0.4, 0.5) is 5.82 Å². The summed E-state index contributed by atoms with van der Waals surface area (Å²) in [7, 11) is 0. The van der Waals surface area contributed by atoms with Crippen LogP contribution in [0.15, 0.2) is 29.1 Å². The lowest BCUT2D eigenvalue weighted by atomic mass is 10.1. The largest absolute Gasteiger partial charge is 0.384 e. The number of carbonyl (C=O) groups is 2. The first-order chi connectivity index (χ1) is 12.0. The predicted molar refractivity (Wildman–Crippen MR) is 86.4 cm³/mol. The number of nitrogens with two attached hydrogens (primary N) is 1. The van der Waals surface area contributed by atoms with Crippen molar-refractivity contribution in [3.8, 4) is 17.1 Å². The standard InChI is InChI=1S/C14H8ClN7O3/c15-5-1-2-6(12-18-20-21-19-12)8(3-5)22-9(23)4-7-10(11(22)16)14(25)17-13(7)24/h1-4H,16H2,(H,17,24,25)(H,18,19,20,21). The summed E-state index contributed by atoms with van der Waals surface area (Å²) in [4.78, 5) is 36.3. The van der Waals surface area contributed by atoms with Gasteiger partial charge in [-0.15, -0.1) is 10.2 Å². The van der Waals surface area contributed by atoms with E-state index in [2.05, 4.69) is 25.9 Å². The second-order valence-electron chi connectivity index (χ2n) is 5.17. The third-order valence-electron chi connectivity index (χ3n) is 3.74. The van der Waals surface area contributed by atoms with Gasteiger partial charge in [0, 0.05) is 16.7 Å². The minimum atomic E-state index is -0.672. The number of nitrogens with one attached hydrogen (secondary N) is 2. The minimum Gasteiger partial charge on any atom is -0.384 e. The van der Waals surface area contributed by atoms with E-state index in [-0.39, 0.29) is 28.5 Å². The van der Waals surface area contributed by atoms with Crippen molar-refractivity contribution in [2.24, 2.45) is 0 Å². The number of nitrogens with zero attached hydrogens (tertiary/aromatic N) is 4. The number of rotatable bonds is 2. The number of carbonyl (C=O) groups excluding carboxylic acids is 2. The highest BCUT2D eigenvalue weighted by molar-refractivity contribution is 6.31. The van der Waals surface area contributed by atoms with Gasteiger partial charge in [-0.05, 0) is 23.4 Å². The molecular weight excluding hydrogens is 350 g/mol. The van der Waals surface area contributed by atoms with E-state index in [1.807, 2.05) is 0 Å². The van der Waals surface area contributed by atoms with Crippen molar-refractivity contribution in [2.45, 2.75) is 0 Å². The normalized spacial score (nSPS) is 13.0. The van der Waals surface area contributed by atoms with Gasteiger partial charge in [-0.1, -0.05) is 11.6 Å². The third kappa shape index (κ3) is 2.19. The molecule has 4 N–H and O–H groups in total. The third-order valence-corrected chi connectivity index (χ3v) is 3.98. The number of nitrogen functional groups attached to an aromatic ring is 1. The maximum atomic E-state index is 12.6. The van der Waals surface area contributed by atoms with E-state index in [1.54, 1.807) is 12.1 Å². The van der Waals surface area contributed by atoms with Gasteiger partial charge in [-0.3, -0.25) is 24.3 Å². The quantitative estimate of drug-likeness (QED) is 0.552. The van der Waals surface area contributed by atoms with Crippen LogP contribution in [0.2, 0.25) is 5.02 Å². The molecule has 0 unspecified atom stereocenters. The van der Waals surface area contributed by atoms with Gasteiger partial charge in [0.1, 0.15) is 5.82 Å². The second kappa shape index (κ2) is 5.24. The number of pyridine rings is 1. The maximum absolute atomic E-state index is 12.6. The Morgan fingerprint density at radius 2 is 1.88 bits per heavy atom. The summed E-state index contributed by atoms with van der Waals surface area (Å²) in [5.41, 5.74) is 5.97. The van der Waals surface area contributed by atoms with Gasteiger partial charge in [-0.2, -0.15) is 5.21 Å². The lowest BCUT2D eigenvalue weighted by Crippen LogP contribution is -2.24. The van der Waals surface area contributed by atoms with Crippen LogP contribution in [-0.4, -0.2) is 37.0 Å². The predicted octanol–water partition coefficient (Wildman–Crippen LogP) is 0.137. The van der Waals surface area contributed by atoms with Crippen molar-refractivity contribution in [1.29, 1.82) is 0 Å². The number of hydrogen-bond acceptors (Lipinski definition) is 7. The highest BCUT2D eigenvalue weighted by Gasteiger charge is 2.32. The zero-order valence-electron chi connectivity index (χ0n) is 12.3. The molecule has 0 aliphatic carbocycles. The molecule has 0 radical (unpaired) electrons. The molecule has 3 heterocycles. The number of H-pyrrole nitrogens is 1. The summed E-state index contributed by atoms with van der Waals surface area (Å²) in [6, 6.07) is 5.70. The Bertz CT molecular complexity index is 1100. The molecule has 0 saturated heterocycles. The number of fused-ring (bicyclic) bond motifs is 1. The van der Waals surface area contributed by atoms with Crippen LogP contribution >= 0.6 is 11.6 Å². The van der Waals surface area contributed by atoms with E-state index >= 15 is 0 Å². The fraction of sp³-hybridized carbons (Fsp3) is 0. The highest BCUT2D eigenvalue weighted by Crippen LogP contribution is 2.30. The molecule has 10 nitrogen and oxygen atoms in total. The number of hydrogen-bond donors (Lipinski definition) is 3. The number of amides is 2. The Kier molecular flexibility index (Phi) is 3.15. The number of aromatic nitrogens is 5. The number of halogens is 1. The molecule has 0 atom stereocenters. The Morgan fingerprint density at radius 1 is 1.08 bits per heavy atom. The summed E-state index contributed by atoms with van der Waals surface area (Å²) in [5, 5.41) is 16.0. The molecule has 1 aliphatic heterocycles. The SMILES string of the molecule is Nc1c2c(cc(=O)n1-c1cc(Cl)ccc1-c1nn[nH]n1)C(=O)NC2=O. The number of anilines is 1. The zero-order chi connectivity index (χ0) is 17.7. The molecule has 25 heavy (non-hydrogen) atoms. The highest BCUT2D eigenvalue weighted by atomic mass is 35.5. The summed E-state index contributed by atoms with van der Waals surface area (Å²) >= 11 is 6.05. The number of imide groups is 1. The molecule has 0 fully saturated rings. The first-order valence-corrected chi connectivity index (χ1v) is 7.30. The second-order valence-corrected chi connectivity index (χ2v) is 5.61. The van der Waals surface area contributed by atoms with Crippen LogP contribution in [0.3, 0.4) is 0 Å². The number of aromatic amines is 1. The minimum absolute atomic E-state index is 0.0631. The smallest absolute Gasteiger partial charge is 0.262 e. The Balaban J connectivity index is 2.06. The summed E-state index contributed by atoms with van der Waals surface area (Å²) in [6.45, 7) is 0. The first kappa shape index (κ1) is 15.0. The van der Waals surface area contributed by atoms with Gasteiger partial charge in [0.2, 0.25) is 5.82 Å². The molecule has 2 aromatic heterocycles. The van der Waals surface area contributed by atoms with Gasteiger partial charge < -0.3 is 5.73 Å². The average Bonchev–Trinajstić information content (AvgIpc) is 3.16. The van der Waals surface area contributed by atoms with Crippen molar-refractivity contribution in [3.05, 3.63) is 50.8 Å². The molecule has 11 heteroatoms. The molecule has 1 aliphatic rings. The van der Waals surface area contributed by atoms with Crippen LogP contribution in [0, 0.1) is 0 Å². The van der Waals surface area contributed by atoms with E-state index in [0.717, 1.165) is 10.6 Å². The Labute approximate surface area is 143 Å². The van der Waals surface area contributed by atoms with Crippen molar-refractivity contribution >= 4 is 29.2 Å². The monoisotopic (exact) mass is 357 g/mol.